The lowest BCUT2D eigenvalue weighted by Crippen LogP contribution is -2.40. The third-order valence-corrected chi connectivity index (χ3v) is 4.60. The molecule has 0 aromatic heterocycles. The molecule has 0 spiro atoms. The van der Waals surface area contributed by atoms with Gasteiger partial charge < -0.3 is 19.9 Å². The minimum absolute atomic E-state index is 0.148. The monoisotopic (exact) mass is 414 g/mol. The summed E-state index contributed by atoms with van der Waals surface area (Å²) in [4.78, 5) is 36.9. The number of halogens is 1. The molecule has 1 N–H and O–H groups in total. The number of nitrogens with zero attached hydrogens (tertiary/aromatic N) is 1. The Morgan fingerprint density at radius 3 is 2.27 bits per heavy atom. The largest absolute Gasteiger partial charge is 0.548 e. The average Bonchev–Trinajstić information content (AvgIpc) is 2.87. The summed E-state index contributed by atoms with van der Waals surface area (Å²) in [5, 5.41) is 21.8. The number of rotatable bonds is 4. The van der Waals surface area contributed by atoms with Gasteiger partial charge in [-0.1, -0.05) is 58.4 Å². The van der Waals surface area contributed by atoms with E-state index >= 15 is 0 Å². The molecular weight excluding hydrogens is 402 g/mol. The van der Waals surface area contributed by atoms with Crippen LogP contribution in [0.2, 0.25) is 0 Å². The van der Waals surface area contributed by atoms with Gasteiger partial charge in [-0.25, -0.2) is 0 Å². The zero-order valence-corrected chi connectivity index (χ0v) is 15.0. The van der Waals surface area contributed by atoms with E-state index < -0.39 is 30.2 Å². The fraction of sp³-hybridized carbons (Fsp3) is 0.105. The van der Waals surface area contributed by atoms with Crippen molar-refractivity contribution in [3.05, 3.63) is 75.8 Å². The molecule has 132 valence electrons. The highest BCUT2D eigenvalue weighted by Gasteiger charge is 2.45. The van der Waals surface area contributed by atoms with Crippen LogP contribution in [0.3, 0.4) is 0 Å². The van der Waals surface area contributed by atoms with Crippen LogP contribution in [0.1, 0.15) is 17.2 Å². The van der Waals surface area contributed by atoms with E-state index in [-0.39, 0.29) is 11.3 Å². The topological polar surface area (TPSA) is 97.7 Å². The molecule has 0 radical (unpaired) electrons. The molecule has 26 heavy (non-hydrogen) atoms. The van der Waals surface area contributed by atoms with Gasteiger partial charge in [0, 0.05) is 10.0 Å². The first kappa shape index (κ1) is 17.9. The molecule has 1 aliphatic rings. The van der Waals surface area contributed by atoms with Gasteiger partial charge in [0.05, 0.1) is 24.1 Å². The van der Waals surface area contributed by atoms with Crippen molar-refractivity contribution in [2.24, 2.45) is 0 Å². The number of aliphatic hydroxyl groups is 1. The van der Waals surface area contributed by atoms with E-state index in [0.29, 0.717) is 11.1 Å². The fourth-order valence-electron chi connectivity index (χ4n) is 2.93. The minimum atomic E-state index is -1.49. The normalized spacial score (nSPS) is 19.0. The van der Waals surface area contributed by atoms with E-state index in [1.807, 2.05) is 0 Å². The molecule has 0 bridgehead atoms. The molecule has 6 nitrogen and oxygen atoms in total. The number of ketones is 1. The molecule has 7 heteroatoms. The van der Waals surface area contributed by atoms with Crippen molar-refractivity contribution in [3.8, 4) is 0 Å². The number of likely N-dealkylation sites (tertiary alicyclic amines) is 1. The number of carboxylic acids is 1. The van der Waals surface area contributed by atoms with Gasteiger partial charge in [0.1, 0.15) is 5.76 Å². The summed E-state index contributed by atoms with van der Waals surface area (Å²) in [7, 11) is 0. The highest BCUT2D eigenvalue weighted by atomic mass is 79.9. The highest BCUT2D eigenvalue weighted by Crippen LogP contribution is 2.39. The number of hydrogen-bond acceptors (Lipinski definition) is 5. The van der Waals surface area contributed by atoms with Crippen molar-refractivity contribution >= 4 is 39.3 Å². The smallest absolute Gasteiger partial charge is 0.295 e. The fourth-order valence-corrected chi connectivity index (χ4v) is 3.19. The van der Waals surface area contributed by atoms with Crippen LogP contribution in [0.15, 0.2) is 64.6 Å². The summed E-state index contributed by atoms with van der Waals surface area (Å²) in [5.41, 5.74) is 0.719. The summed E-state index contributed by atoms with van der Waals surface area (Å²) >= 11 is 3.29. The molecule has 0 aliphatic carbocycles. The summed E-state index contributed by atoms with van der Waals surface area (Å²) in [6.45, 7) is -0.749. The standard InChI is InChI=1S/C19H14BrNO5/c20-13-8-6-12(7-9-13)17(24)15-16(11-4-2-1-3-5-11)21(10-14(22)23)19(26)18(15)25/h1-9,16,24H,10H2,(H,22,23)/p-1. The van der Waals surface area contributed by atoms with Crippen molar-refractivity contribution in [2.45, 2.75) is 6.04 Å². The predicted molar refractivity (Wildman–Crippen MR) is 94.6 cm³/mol. The summed E-state index contributed by atoms with van der Waals surface area (Å²) in [6, 6.07) is 14.0. The van der Waals surface area contributed by atoms with Gasteiger partial charge in [0.15, 0.2) is 0 Å². The molecule has 2 aromatic carbocycles. The third-order valence-electron chi connectivity index (χ3n) is 4.07. The number of Topliss-reactive ketones (excluding diaryl/α,β-unsaturated/α-hetero) is 1. The molecule has 1 atom stereocenters. The van der Waals surface area contributed by atoms with Crippen LogP contribution >= 0.6 is 15.9 Å². The van der Waals surface area contributed by atoms with Gasteiger partial charge in [-0.15, -0.1) is 0 Å². The Morgan fingerprint density at radius 1 is 1.08 bits per heavy atom. The minimum Gasteiger partial charge on any atom is -0.548 e. The van der Waals surface area contributed by atoms with E-state index in [0.717, 1.165) is 9.37 Å². The maximum atomic E-state index is 12.5. The Labute approximate surface area is 157 Å². The Kier molecular flexibility index (Phi) is 4.90. The predicted octanol–water partition coefficient (Wildman–Crippen LogP) is 1.62. The van der Waals surface area contributed by atoms with Crippen molar-refractivity contribution < 1.29 is 24.6 Å². The molecule has 1 unspecified atom stereocenters. The van der Waals surface area contributed by atoms with Gasteiger partial charge >= 0.3 is 0 Å². The second-order valence-electron chi connectivity index (χ2n) is 5.72. The van der Waals surface area contributed by atoms with Crippen LogP contribution in [-0.2, 0) is 14.4 Å². The number of hydrogen-bond donors (Lipinski definition) is 1. The Balaban J connectivity index is 2.18. The van der Waals surface area contributed by atoms with Crippen molar-refractivity contribution in [3.63, 3.8) is 0 Å². The van der Waals surface area contributed by atoms with Crippen molar-refractivity contribution in [1.82, 2.24) is 4.90 Å². The number of aliphatic hydroxyl groups excluding tert-OH is 1. The second-order valence-corrected chi connectivity index (χ2v) is 6.63. The van der Waals surface area contributed by atoms with Crippen LogP contribution in [0.5, 0.6) is 0 Å². The van der Waals surface area contributed by atoms with Gasteiger partial charge in [-0.3, -0.25) is 9.59 Å². The molecule has 1 fully saturated rings. The van der Waals surface area contributed by atoms with Crippen LogP contribution < -0.4 is 5.11 Å². The van der Waals surface area contributed by atoms with Crippen LogP contribution in [0, 0.1) is 0 Å². The molecule has 1 aliphatic heterocycles. The molecule has 2 aromatic rings. The number of carboxylic acid groups (broad SMARTS) is 1. The SMILES string of the molecule is O=C([O-])CN1C(=O)C(=O)C(=C(O)c2ccc(Br)cc2)C1c1ccccc1. The first-order chi connectivity index (χ1) is 12.4. The molecule has 1 amide bonds. The van der Waals surface area contributed by atoms with Gasteiger partial charge in [0.2, 0.25) is 0 Å². The van der Waals surface area contributed by atoms with E-state index in [9.17, 15) is 24.6 Å². The first-order valence-corrected chi connectivity index (χ1v) is 8.48. The zero-order chi connectivity index (χ0) is 18.8. The highest BCUT2D eigenvalue weighted by molar-refractivity contribution is 9.10. The Morgan fingerprint density at radius 2 is 1.69 bits per heavy atom. The quantitative estimate of drug-likeness (QED) is 0.465. The number of amides is 1. The number of carbonyl (C=O) groups excluding carboxylic acids is 3. The van der Waals surface area contributed by atoms with E-state index in [1.54, 1.807) is 54.6 Å². The van der Waals surface area contributed by atoms with E-state index in [4.69, 9.17) is 0 Å². The number of benzene rings is 2. The van der Waals surface area contributed by atoms with Crippen LogP contribution in [-0.4, -0.2) is 34.2 Å². The van der Waals surface area contributed by atoms with E-state index in [2.05, 4.69) is 15.9 Å². The van der Waals surface area contributed by atoms with Crippen LogP contribution in [0.4, 0.5) is 0 Å². The van der Waals surface area contributed by atoms with Crippen molar-refractivity contribution in [2.75, 3.05) is 6.54 Å². The van der Waals surface area contributed by atoms with Gasteiger partial charge in [0.25, 0.3) is 11.7 Å². The zero-order valence-electron chi connectivity index (χ0n) is 13.4. The average molecular weight is 415 g/mol. The van der Waals surface area contributed by atoms with E-state index in [1.165, 1.54) is 0 Å². The Bertz CT molecular complexity index is 905. The van der Waals surface area contributed by atoms with Crippen LogP contribution in [0.25, 0.3) is 5.76 Å². The third kappa shape index (κ3) is 3.25. The number of aliphatic carboxylic acids is 1. The maximum absolute atomic E-state index is 12.5. The van der Waals surface area contributed by atoms with Gasteiger partial charge in [-0.05, 0) is 17.7 Å². The molecule has 0 saturated carbocycles. The molecule has 1 saturated heterocycles. The lowest BCUT2D eigenvalue weighted by Gasteiger charge is -2.25. The lowest BCUT2D eigenvalue weighted by molar-refractivity contribution is -0.306. The number of carbonyl (C=O) groups is 3. The molecule has 1 heterocycles. The summed E-state index contributed by atoms with van der Waals surface area (Å²) in [6.07, 6.45) is 0. The summed E-state index contributed by atoms with van der Waals surface area (Å²) < 4.78 is 0.783. The second kappa shape index (κ2) is 7.13. The molecular formula is C19H13BrNO5-. The lowest BCUT2D eigenvalue weighted by atomic mass is 9.95. The summed E-state index contributed by atoms with van der Waals surface area (Å²) in [5.74, 6) is -3.76. The molecule has 3 rings (SSSR count). The maximum Gasteiger partial charge on any atom is 0.295 e. The van der Waals surface area contributed by atoms with Crippen molar-refractivity contribution in [1.29, 1.82) is 0 Å². The first-order valence-electron chi connectivity index (χ1n) is 7.69. The van der Waals surface area contributed by atoms with Gasteiger partial charge in [-0.2, -0.15) is 0 Å². The Hall–Kier alpha value is -2.93.